The Morgan fingerprint density at radius 2 is 1.82 bits per heavy atom. The largest absolute Gasteiger partial charge is 0.478 e. The molecule has 1 N–H and O–H groups in total. The monoisotopic (exact) mass is 456 g/mol. The first kappa shape index (κ1) is 22.1. The summed E-state index contributed by atoms with van der Waals surface area (Å²) in [4.78, 5) is 23.2. The van der Waals surface area contributed by atoms with Crippen molar-refractivity contribution >= 4 is 17.0 Å². The average molecular weight is 457 g/mol. The lowest BCUT2D eigenvalue weighted by Gasteiger charge is -2.31. The highest BCUT2D eigenvalue weighted by Gasteiger charge is 2.23. The quantitative estimate of drug-likeness (QED) is 0.437. The van der Waals surface area contributed by atoms with Crippen molar-refractivity contribution in [2.45, 2.75) is 31.9 Å². The van der Waals surface area contributed by atoms with E-state index in [1.807, 2.05) is 41.9 Å². The maximum absolute atomic E-state index is 11.3. The Morgan fingerprint density at radius 1 is 1.03 bits per heavy atom. The van der Waals surface area contributed by atoms with Crippen LogP contribution in [0.2, 0.25) is 0 Å². The number of carboxylic acid groups (broad SMARTS) is 1. The second-order valence-corrected chi connectivity index (χ2v) is 8.82. The van der Waals surface area contributed by atoms with Gasteiger partial charge in [0.25, 0.3) is 0 Å². The molecule has 4 aromatic rings. The lowest BCUT2D eigenvalue weighted by atomic mass is 9.93. The van der Waals surface area contributed by atoms with E-state index >= 15 is 0 Å². The number of pyridine rings is 1. The maximum Gasteiger partial charge on any atom is 0.335 e. The minimum atomic E-state index is -0.921. The first-order valence-corrected chi connectivity index (χ1v) is 11.6. The van der Waals surface area contributed by atoms with Crippen molar-refractivity contribution in [2.75, 3.05) is 13.1 Å². The first-order valence-electron chi connectivity index (χ1n) is 11.6. The average Bonchev–Trinajstić information content (AvgIpc) is 3.18. The number of aryl methyl sites for hydroxylation is 1. The fourth-order valence-corrected chi connectivity index (χ4v) is 4.57. The zero-order valence-corrected chi connectivity index (χ0v) is 19.2. The Hall–Kier alpha value is -3.71. The molecule has 7 nitrogen and oxygen atoms in total. The fraction of sp³-hybridized carbons (Fsp3) is 0.296. The topological polar surface area (TPSA) is 80.5 Å². The molecule has 0 aliphatic carbocycles. The SMILES string of the molecule is Cn1c(CN2CCC(c3cccc(OCc4ccccc4)n3)CC2)nc2ccc(C(=O)O)cc21. The molecular formula is C27H28N4O3. The Kier molecular flexibility index (Phi) is 6.27. The normalized spacial score (nSPS) is 15.0. The zero-order valence-electron chi connectivity index (χ0n) is 19.2. The molecule has 7 heteroatoms. The van der Waals surface area contributed by atoms with Crippen molar-refractivity contribution in [1.82, 2.24) is 19.4 Å². The van der Waals surface area contributed by atoms with Crippen molar-refractivity contribution < 1.29 is 14.6 Å². The Morgan fingerprint density at radius 3 is 2.59 bits per heavy atom. The van der Waals surface area contributed by atoms with Crippen molar-refractivity contribution in [1.29, 1.82) is 0 Å². The van der Waals surface area contributed by atoms with Gasteiger partial charge in [0.05, 0.1) is 23.1 Å². The molecule has 3 heterocycles. The molecule has 0 unspecified atom stereocenters. The predicted octanol–water partition coefficient (Wildman–Crippen LogP) is 4.63. The smallest absolute Gasteiger partial charge is 0.335 e. The summed E-state index contributed by atoms with van der Waals surface area (Å²) in [5, 5.41) is 9.27. The van der Waals surface area contributed by atoms with E-state index in [4.69, 9.17) is 14.7 Å². The van der Waals surface area contributed by atoms with E-state index in [9.17, 15) is 9.90 Å². The number of fused-ring (bicyclic) bond motifs is 1. The Balaban J connectivity index is 1.20. The Labute approximate surface area is 198 Å². The number of imidazole rings is 1. The molecule has 2 aromatic heterocycles. The minimum absolute atomic E-state index is 0.283. The number of ether oxygens (including phenoxy) is 1. The van der Waals surface area contributed by atoms with Crippen molar-refractivity contribution in [2.24, 2.45) is 7.05 Å². The number of hydrogen-bond donors (Lipinski definition) is 1. The van der Waals surface area contributed by atoms with Gasteiger partial charge in [0, 0.05) is 24.7 Å². The van der Waals surface area contributed by atoms with Gasteiger partial charge in [0.1, 0.15) is 12.4 Å². The molecule has 34 heavy (non-hydrogen) atoms. The number of carbonyl (C=O) groups is 1. The van der Waals surface area contributed by atoms with Gasteiger partial charge in [0.2, 0.25) is 5.88 Å². The van der Waals surface area contributed by atoms with Crippen LogP contribution in [0.4, 0.5) is 0 Å². The van der Waals surface area contributed by atoms with E-state index in [0.29, 0.717) is 18.4 Å². The van der Waals surface area contributed by atoms with Gasteiger partial charge in [-0.1, -0.05) is 36.4 Å². The molecule has 0 bridgehead atoms. The van der Waals surface area contributed by atoms with Gasteiger partial charge in [0.15, 0.2) is 0 Å². The molecule has 0 radical (unpaired) electrons. The van der Waals surface area contributed by atoms with Crippen LogP contribution in [0, 0.1) is 0 Å². The summed E-state index contributed by atoms with van der Waals surface area (Å²) < 4.78 is 7.92. The second kappa shape index (κ2) is 9.65. The summed E-state index contributed by atoms with van der Waals surface area (Å²) in [6.45, 7) is 3.19. The standard InChI is InChI=1S/C27H28N4O3/c1-30-24-16-21(27(32)33)10-11-23(24)28-25(30)17-31-14-12-20(13-15-31)22-8-5-9-26(29-22)34-18-19-6-3-2-4-7-19/h2-11,16,20H,12-15,17-18H2,1H3,(H,32,33). The van der Waals surface area contributed by atoms with E-state index in [-0.39, 0.29) is 5.56 Å². The molecule has 174 valence electrons. The number of carboxylic acids is 1. The molecule has 1 aliphatic rings. The number of hydrogen-bond acceptors (Lipinski definition) is 5. The number of nitrogens with zero attached hydrogens (tertiary/aromatic N) is 4. The number of rotatable bonds is 7. The summed E-state index contributed by atoms with van der Waals surface area (Å²) in [6, 6.07) is 21.3. The van der Waals surface area contributed by atoms with Crippen LogP contribution in [0.3, 0.4) is 0 Å². The zero-order chi connectivity index (χ0) is 23.5. The number of benzene rings is 2. The molecule has 0 spiro atoms. The van der Waals surface area contributed by atoms with E-state index in [0.717, 1.165) is 60.6 Å². The van der Waals surface area contributed by atoms with Crippen LogP contribution in [0.5, 0.6) is 5.88 Å². The summed E-state index contributed by atoms with van der Waals surface area (Å²) >= 11 is 0. The molecule has 1 fully saturated rings. The lowest BCUT2D eigenvalue weighted by Crippen LogP contribution is -2.33. The van der Waals surface area contributed by atoms with Gasteiger partial charge < -0.3 is 14.4 Å². The van der Waals surface area contributed by atoms with Crippen LogP contribution >= 0.6 is 0 Å². The molecular weight excluding hydrogens is 428 g/mol. The predicted molar refractivity (Wildman–Crippen MR) is 130 cm³/mol. The van der Waals surface area contributed by atoms with Crippen LogP contribution in [0.1, 0.15) is 46.2 Å². The highest BCUT2D eigenvalue weighted by atomic mass is 16.5. The van der Waals surface area contributed by atoms with Gasteiger partial charge in [-0.25, -0.2) is 14.8 Å². The third-order valence-electron chi connectivity index (χ3n) is 6.57. The Bertz CT molecular complexity index is 1290. The summed E-state index contributed by atoms with van der Waals surface area (Å²) in [5.74, 6) is 1.11. The molecule has 0 atom stereocenters. The van der Waals surface area contributed by atoms with Crippen LogP contribution < -0.4 is 4.74 Å². The van der Waals surface area contributed by atoms with Gasteiger partial charge in [-0.15, -0.1) is 0 Å². The number of aromatic nitrogens is 3. The molecule has 0 amide bonds. The van der Waals surface area contributed by atoms with E-state index in [2.05, 4.69) is 23.1 Å². The summed E-state index contributed by atoms with van der Waals surface area (Å²) in [7, 11) is 1.95. The van der Waals surface area contributed by atoms with E-state index in [1.54, 1.807) is 18.2 Å². The van der Waals surface area contributed by atoms with Gasteiger partial charge in [-0.2, -0.15) is 0 Å². The number of aromatic carboxylic acids is 1. The highest BCUT2D eigenvalue weighted by molar-refractivity contribution is 5.92. The maximum atomic E-state index is 11.3. The number of piperidine rings is 1. The van der Waals surface area contributed by atoms with E-state index in [1.165, 1.54) is 0 Å². The molecule has 0 saturated carbocycles. The number of likely N-dealkylation sites (tertiary alicyclic amines) is 1. The summed E-state index contributed by atoms with van der Waals surface area (Å²) in [5.41, 5.74) is 4.18. The van der Waals surface area contributed by atoms with Gasteiger partial charge in [-0.3, -0.25) is 4.90 Å². The first-order chi connectivity index (χ1) is 16.6. The van der Waals surface area contributed by atoms with E-state index < -0.39 is 5.97 Å². The van der Waals surface area contributed by atoms with Crippen LogP contribution in [-0.4, -0.2) is 43.6 Å². The van der Waals surface area contributed by atoms with Crippen LogP contribution in [0.15, 0.2) is 66.7 Å². The highest BCUT2D eigenvalue weighted by Crippen LogP contribution is 2.29. The van der Waals surface area contributed by atoms with Crippen molar-refractivity contribution in [3.8, 4) is 5.88 Å². The molecule has 1 saturated heterocycles. The third kappa shape index (κ3) is 4.79. The van der Waals surface area contributed by atoms with Crippen LogP contribution in [-0.2, 0) is 20.2 Å². The third-order valence-corrected chi connectivity index (χ3v) is 6.57. The van der Waals surface area contributed by atoms with Gasteiger partial charge in [-0.05, 0) is 55.8 Å². The second-order valence-electron chi connectivity index (χ2n) is 8.82. The van der Waals surface area contributed by atoms with Crippen molar-refractivity contribution in [3.63, 3.8) is 0 Å². The van der Waals surface area contributed by atoms with Crippen molar-refractivity contribution in [3.05, 3.63) is 89.4 Å². The van der Waals surface area contributed by atoms with Gasteiger partial charge >= 0.3 is 5.97 Å². The lowest BCUT2D eigenvalue weighted by molar-refractivity contribution is 0.0697. The fourth-order valence-electron chi connectivity index (χ4n) is 4.57. The molecule has 2 aromatic carbocycles. The molecule has 5 rings (SSSR count). The summed E-state index contributed by atoms with van der Waals surface area (Å²) in [6.07, 6.45) is 2.06. The molecule has 1 aliphatic heterocycles. The minimum Gasteiger partial charge on any atom is -0.478 e. The van der Waals surface area contributed by atoms with Crippen LogP contribution in [0.25, 0.3) is 11.0 Å².